The highest BCUT2D eigenvalue weighted by molar-refractivity contribution is 6.31. The van der Waals surface area contributed by atoms with Crippen molar-refractivity contribution in [3.8, 4) is 0 Å². The van der Waals surface area contributed by atoms with Crippen molar-refractivity contribution in [3.05, 3.63) is 34.9 Å². The number of amides is 1. The monoisotopic (exact) mass is 297 g/mol. The van der Waals surface area contributed by atoms with Crippen molar-refractivity contribution in [1.29, 1.82) is 0 Å². The molecule has 0 bridgehead atoms. The predicted molar refractivity (Wildman–Crippen MR) is 73.7 cm³/mol. The van der Waals surface area contributed by atoms with Gasteiger partial charge in [0.2, 0.25) is 5.91 Å². The summed E-state index contributed by atoms with van der Waals surface area (Å²) in [5, 5.41) is 12.1. The molecule has 1 aromatic rings. The van der Waals surface area contributed by atoms with Crippen LogP contribution in [0.15, 0.2) is 24.3 Å². The molecule has 1 saturated carbocycles. The van der Waals surface area contributed by atoms with E-state index < -0.39 is 12.0 Å². The number of benzene rings is 1. The van der Waals surface area contributed by atoms with Crippen LogP contribution in [0.4, 0.5) is 0 Å². The van der Waals surface area contributed by atoms with Crippen LogP contribution >= 0.6 is 11.6 Å². The first-order valence-corrected chi connectivity index (χ1v) is 6.69. The number of carboxylic acids is 1. The average Bonchev–Trinajstić information content (AvgIpc) is 3.18. The van der Waals surface area contributed by atoms with Crippen molar-refractivity contribution in [1.82, 2.24) is 5.32 Å². The van der Waals surface area contributed by atoms with Crippen LogP contribution in [0.1, 0.15) is 17.9 Å². The Hall–Kier alpha value is -1.59. The van der Waals surface area contributed by atoms with Gasteiger partial charge in [0.05, 0.1) is 6.61 Å². The number of methoxy groups -OCH3 is 1. The van der Waals surface area contributed by atoms with Crippen molar-refractivity contribution in [2.75, 3.05) is 13.7 Å². The Bertz CT molecular complexity index is 520. The summed E-state index contributed by atoms with van der Waals surface area (Å²) in [5.74, 6) is -1.51. The highest BCUT2D eigenvalue weighted by atomic mass is 35.5. The van der Waals surface area contributed by atoms with Gasteiger partial charge in [-0.15, -0.1) is 0 Å². The van der Waals surface area contributed by atoms with Crippen LogP contribution in [0.3, 0.4) is 0 Å². The minimum absolute atomic E-state index is 0.0510. The van der Waals surface area contributed by atoms with Gasteiger partial charge < -0.3 is 15.2 Å². The van der Waals surface area contributed by atoms with Crippen molar-refractivity contribution >= 4 is 23.5 Å². The molecule has 0 radical (unpaired) electrons. The Morgan fingerprint density at radius 2 is 2.20 bits per heavy atom. The van der Waals surface area contributed by atoms with Gasteiger partial charge >= 0.3 is 5.97 Å². The van der Waals surface area contributed by atoms with Gasteiger partial charge in [0.25, 0.3) is 0 Å². The molecule has 0 aliphatic heterocycles. The number of ether oxygens (including phenoxy) is 1. The fourth-order valence-electron chi connectivity index (χ4n) is 2.22. The Kier molecular flexibility index (Phi) is 4.62. The number of hydrogen-bond acceptors (Lipinski definition) is 3. The molecule has 0 spiro atoms. The summed E-state index contributed by atoms with van der Waals surface area (Å²) in [6.07, 6.45) is 0.689. The molecule has 1 aliphatic carbocycles. The first-order chi connectivity index (χ1) is 9.54. The van der Waals surface area contributed by atoms with Gasteiger partial charge in [-0.05, 0) is 24.0 Å². The van der Waals surface area contributed by atoms with Gasteiger partial charge in [0.1, 0.15) is 0 Å². The van der Waals surface area contributed by atoms with E-state index in [0.717, 1.165) is 5.56 Å². The number of hydrogen-bond donors (Lipinski definition) is 2. The van der Waals surface area contributed by atoms with E-state index in [1.165, 1.54) is 7.11 Å². The maximum Gasteiger partial charge on any atom is 0.328 e. The summed E-state index contributed by atoms with van der Waals surface area (Å²) in [6, 6.07) is 6.38. The fourth-order valence-corrected chi connectivity index (χ4v) is 2.50. The summed E-state index contributed by atoms with van der Waals surface area (Å²) >= 11 is 6.09. The highest BCUT2D eigenvalue weighted by Crippen LogP contribution is 2.49. The lowest BCUT2D eigenvalue weighted by molar-refractivity contribution is -0.143. The molecule has 2 rings (SSSR count). The summed E-state index contributed by atoms with van der Waals surface area (Å²) in [6.45, 7) is -0.0510. The minimum Gasteiger partial charge on any atom is -0.480 e. The van der Waals surface area contributed by atoms with Crippen LogP contribution in [-0.4, -0.2) is 36.7 Å². The van der Waals surface area contributed by atoms with Crippen molar-refractivity contribution in [2.45, 2.75) is 18.4 Å². The zero-order valence-electron chi connectivity index (χ0n) is 11.0. The van der Waals surface area contributed by atoms with Gasteiger partial charge in [-0.1, -0.05) is 29.8 Å². The predicted octanol–water partition coefficient (Wildman–Crippen LogP) is 1.66. The maximum absolute atomic E-state index is 12.0. The van der Waals surface area contributed by atoms with E-state index in [0.29, 0.717) is 11.4 Å². The topological polar surface area (TPSA) is 75.6 Å². The number of carbonyl (C=O) groups is 2. The van der Waals surface area contributed by atoms with Crippen LogP contribution in [0.5, 0.6) is 0 Å². The first-order valence-electron chi connectivity index (χ1n) is 6.31. The highest BCUT2D eigenvalue weighted by Gasteiger charge is 2.45. The minimum atomic E-state index is -1.10. The van der Waals surface area contributed by atoms with Crippen LogP contribution in [0, 0.1) is 5.92 Å². The molecule has 0 heterocycles. The molecular formula is C14H16ClNO4. The number of halogens is 1. The van der Waals surface area contributed by atoms with E-state index in [1.54, 1.807) is 6.07 Å². The van der Waals surface area contributed by atoms with Gasteiger partial charge in [-0.2, -0.15) is 0 Å². The summed E-state index contributed by atoms with van der Waals surface area (Å²) in [4.78, 5) is 23.0. The second-order valence-corrected chi connectivity index (χ2v) is 5.23. The fraction of sp³-hybridized carbons (Fsp3) is 0.429. The molecule has 6 heteroatoms. The lowest BCUT2D eigenvalue weighted by Gasteiger charge is -2.13. The third kappa shape index (κ3) is 3.29. The van der Waals surface area contributed by atoms with Crippen LogP contribution in [0.2, 0.25) is 5.02 Å². The van der Waals surface area contributed by atoms with Crippen molar-refractivity contribution in [3.63, 3.8) is 0 Å². The molecule has 0 aromatic heterocycles. The van der Waals surface area contributed by atoms with E-state index in [-0.39, 0.29) is 24.3 Å². The summed E-state index contributed by atoms with van der Waals surface area (Å²) in [5.41, 5.74) is 0.938. The molecule has 2 N–H and O–H groups in total. The molecule has 1 aromatic carbocycles. The number of carbonyl (C=O) groups excluding carboxylic acids is 1. The maximum atomic E-state index is 12.0. The Balaban J connectivity index is 1.96. The third-order valence-electron chi connectivity index (χ3n) is 3.38. The Labute approximate surface area is 121 Å². The van der Waals surface area contributed by atoms with Gasteiger partial charge in [0, 0.05) is 18.1 Å². The molecule has 1 amide bonds. The van der Waals surface area contributed by atoms with Crippen LogP contribution in [0.25, 0.3) is 0 Å². The zero-order chi connectivity index (χ0) is 14.7. The molecule has 3 unspecified atom stereocenters. The average molecular weight is 298 g/mol. The quantitative estimate of drug-likeness (QED) is 0.837. The second kappa shape index (κ2) is 6.24. The summed E-state index contributed by atoms with van der Waals surface area (Å²) < 4.78 is 4.78. The lowest BCUT2D eigenvalue weighted by atomic mass is 10.1. The number of rotatable bonds is 6. The molecule has 0 saturated heterocycles. The van der Waals surface area contributed by atoms with E-state index in [4.69, 9.17) is 21.4 Å². The molecule has 1 fully saturated rings. The van der Waals surface area contributed by atoms with E-state index in [1.807, 2.05) is 18.2 Å². The molecule has 20 heavy (non-hydrogen) atoms. The van der Waals surface area contributed by atoms with E-state index in [2.05, 4.69) is 5.32 Å². The number of aliphatic carboxylic acids is 1. The lowest BCUT2D eigenvalue weighted by Crippen LogP contribution is -2.44. The molecule has 1 aliphatic rings. The Morgan fingerprint density at radius 3 is 2.80 bits per heavy atom. The standard InChI is InChI=1S/C14H16ClNO4/c1-20-7-12(14(18)19)16-13(17)10-6-9(10)8-4-2-3-5-11(8)15/h2-5,9-10,12H,6-7H2,1H3,(H,16,17)(H,18,19). The number of nitrogens with one attached hydrogen (secondary N) is 1. The zero-order valence-corrected chi connectivity index (χ0v) is 11.8. The largest absolute Gasteiger partial charge is 0.480 e. The van der Waals surface area contributed by atoms with Crippen molar-refractivity contribution < 1.29 is 19.4 Å². The molecule has 3 atom stereocenters. The second-order valence-electron chi connectivity index (χ2n) is 4.82. The van der Waals surface area contributed by atoms with Gasteiger partial charge in [-0.25, -0.2) is 4.79 Å². The van der Waals surface area contributed by atoms with Crippen LogP contribution in [-0.2, 0) is 14.3 Å². The van der Waals surface area contributed by atoms with Gasteiger partial charge in [0.15, 0.2) is 6.04 Å². The van der Waals surface area contributed by atoms with E-state index >= 15 is 0 Å². The van der Waals surface area contributed by atoms with Crippen molar-refractivity contribution in [2.24, 2.45) is 5.92 Å². The third-order valence-corrected chi connectivity index (χ3v) is 3.72. The molecule has 5 nitrogen and oxygen atoms in total. The number of carboxylic acid groups (broad SMARTS) is 1. The Morgan fingerprint density at radius 1 is 1.50 bits per heavy atom. The molecular weight excluding hydrogens is 282 g/mol. The molecule has 108 valence electrons. The summed E-state index contributed by atoms with van der Waals surface area (Å²) in [7, 11) is 1.39. The van der Waals surface area contributed by atoms with E-state index in [9.17, 15) is 9.59 Å². The van der Waals surface area contributed by atoms with Crippen LogP contribution < -0.4 is 5.32 Å². The normalized spacial score (nSPS) is 22.1. The SMILES string of the molecule is COCC(NC(=O)C1CC1c1ccccc1Cl)C(=O)O. The first kappa shape index (κ1) is 14.8. The van der Waals surface area contributed by atoms with Gasteiger partial charge in [-0.3, -0.25) is 4.79 Å². The smallest absolute Gasteiger partial charge is 0.328 e.